The van der Waals surface area contributed by atoms with Gasteiger partial charge in [0.15, 0.2) is 0 Å². The first-order chi connectivity index (χ1) is 14.0. The van der Waals surface area contributed by atoms with Crippen molar-refractivity contribution in [2.24, 2.45) is 0 Å². The minimum Gasteiger partial charge on any atom is -0.492 e. The average Bonchev–Trinajstić information content (AvgIpc) is 2.69. The lowest BCUT2D eigenvalue weighted by Crippen LogP contribution is -2.46. The molecule has 1 aliphatic heterocycles. The maximum absolute atomic E-state index is 13.3. The van der Waals surface area contributed by atoms with Crippen molar-refractivity contribution in [1.29, 1.82) is 0 Å². The molecule has 1 aliphatic rings. The lowest BCUT2D eigenvalue weighted by atomic mass is 10.0. The number of benzene rings is 2. The lowest BCUT2D eigenvalue weighted by molar-refractivity contribution is -0.143. The Kier molecular flexibility index (Phi) is 6.56. The number of piperazine rings is 1. The molecule has 0 radical (unpaired) electrons. The largest absolute Gasteiger partial charge is 0.492 e. The highest BCUT2D eigenvalue weighted by atomic mass is 19.4. The molecule has 0 aliphatic carbocycles. The number of hydrogen-bond acceptors (Lipinski definition) is 3. The van der Waals surface area contributed by atoms with E-state index in [9.17, 15) is 30.7 Å². The van der Waals surface area contributed by atoms with E-state index < -0.39 is 41.1 Å². The first kappa shape index (κ1) is 22.4. The van der Waals surface area contributed by atoms with Crippen molar-refractivity contribution in [2.75, 3.05) is 32.8 Å². The van der Waals surface area contributed by atoms with Crippen molar-refractivity contribution in [3.63, 3.8) is 0 Å². The van der Waals surface area contributed by atoms with Gasteiger partial charge in [-0.15, -0.1) is 0 Å². The van der Waals surface area contributed by atoms with Crippen LogP contribution >= 0.6 is 0 Å². The van der Waals surface area contributed by atoms with Crippen LogP contribution in [0.2, 0.25) is 0 Å². The molecule has 1 fully saturated rings. The molecule has 0 saturated carbocycles. The molecule has 1 unspecified atom stereocenters. The number of hydrogen-bond donors (Lipinski definition) is 1. The Balaban J connectivity index is 1.88. The Morgan fingerprint density at radius 3 is 1.90 bits per heavy atom. The van der Waals surface area contributed by atoms with Crippen LogP contribution in [0.5, 0.6) is 5.75 Å². The smallest absolute Gasteiger partial charge is 0.416 e. The highest BCUT2D eigenvalue weighted by Crippen LogP contribution is 2.38. The van der Waals surface area contributed by atoms with Crippen LogP contribution in [0.4, 0.5) is 30.7 Å². The summed E-state index contributed by atoms with van der Waals surface area (Å²) >= 11 is 0. The summed E-state index contributed by atoms with van der Waals surface area (Å²) in [4.78, 5) is 1.99. The third-order valence-electron chi connectivity index (χ3n) is 4.82. The third kappa shape index (κ3) is 5.63. The molecule has 0 bridgehead atoms. The zero-order valence-corrected chi connectivity index (χ0v) is 15.7. The van der Waals surface area contributed by atoms with Gasteiger partial charge in [-0.25, -0.2) is 4.39 Å². The van der Waals surface area contributed by atoms with E-state index in [0.717, 1.165) is 0 Å². The number of rotatable bonds is 5. The number of halogens is 7. The molecule has 30 heavy (non-hydrogen) atoms. The van der Waals surface area contributed by atoms with E-state index in [1.54, 1.807) is 0 Å². The quantitative estimate of drug-likeness (QED) is 0.676. The van der Waals surface area contributed by atoms with Crippen molar-refractivity contribution in [2.45, 2.75) is 18.4 Å². The molecule has 3 rings (SSSR count). The van der Waals surface area contributed by atoms with Gasteiger partial charge in [-0.1, -0.05) is 12.1 Å². The topological polar surface area (TPSA) is 24.5 Å². The summed E-state index contributed by atoms with van der Waals surface area (Å²) in [6.45, 7) is 2.34. The van der Waals surface area contributed by atoms with Gasteiger partial charge < -0.3 is 10.1 Å². The zero-order chi connectivity index (χ0) is 21.9. The maximum Gasteiger partial charge on any atom is 0.416 e. The number of ether oxygens (including phenoxy) is 1. The lowest BCUT2D eigenvalue weighted by Gasteiger charge is -2.35. The summed E-state index contributed by atoms with van der Waals surface area (Å²) in [5, 5.41) is 3.16. The maximum atomic E-state index is 13.3. The third-order valence-corrected chi connectivity index (χ3v) is 4.82. The molecule has 0 aromatic heterocycles. The molecule has 3 nitrogen and oxygen atoms in total. The first-order valence-electron chi connectivity index (χ1n) is 9.16. The standard InChI is InChI=1S/C20H19F7N2O/c21-16-3-1-13(2-4-16)18(29-7-5-28-6-8-29)12-30-17-10-14(19(22,23)24)9-15(11-17)20(25,26)27/h1-4,9-11,18,28H,5-8,12H2. The molecular formula is C20H19F7N2O. The Morgan fingerprint density at radius 1 is 0.867 bits per heavy atom. The van der Waals surface area contributed by atoms with E-state index in [2.05, 4.69) is 5.32 Å². The van der Waals surface area contributed by atoms with Gasteiger partial charge in [-0.05, 0) is 35.9 Å². The normalized spacial score (nSPS) is 17.0. The van der Waals surface area contributed by atoms with Crippen LogP contribution in [0.25, 0.3) is 0 Å². The summed E-state index contributed by atoms with van der Waals surface area (Å²) < 4.78 is 97.0. The van der Waals surface area contributed by atoms with Crippen LogP contribution in [0.1, 0.15) is 22.7 Å². The van der Waals surface area contributed by atoms with Gasteiger partial charge in [-0.2, -0.15) is 26.3 Å². The molecule has 10 heteroatoms. The number of nitrogens with zero attached hydrogens (tertiary/aromatic N) is 1. The second-order valence-electron chi connectivity index (χ2n) is 6.91. The van der Waals surface area contributed by atoms with E-state index in [4.69, 9.17) is 4.74 Å². The second-order valence-corrected chi connectivity index (χ2v) is 6.91. The van der Waals surface area contributed by atoms with Crippen LogP contribution in [-0.2, 0) is 12.4 Å². The predicted molar refractivity (Wildman–Crippen MR) is 95.5 cm³/mol. The van der Waals surface area contributed by atoms with Crippen LogP contribution in [0.15, 0.2) is 42.5 Å². The molecule has 1 atom stereocenters. The number of nitrogens with one attached hydrogen (secondary N) is 1. The molecule has 2 aromatic rings. The molecule has 1 heterocycles. The van der Waals surface area contributed by atoms with Crippen molar-refractivity contribution in [1.82, 2.24) is 10.2 Å². The Bertz CT molecular complexity index is 811. The summed E-state index contributed by atoms with van der Waals surface area (Å²) in [7, 11) is 0. The molecule has 0 amide bonds. The van der Waals surface area contributed by atoms with E-state index >= 15 is 0 Å². The highest BCUT2D eigenvalue weighted by molar-refractivity contribution is 5.37. The van der Waals surface area contributed by atoms with E-state index in [1.807, 2.05) is 4.90 Å². The van der Waals surface area contributed by atoms with Gasteiger partial charge in [0.05, 0.1) is 17.2 Å². The van der Waals surface area contributed by atoms with Crippen LogP contribution in [-0.4, -0.2) is 37.7 Å². The van der Waals surface area contributed by atoms with Crippen LogP contribution in [0.3, 0.4) is 0 Å². The zero-order valence-electron chi connectivity index (χ0n) is 15.7. The van der Waals surface area contributed by atoms with Gasteiger partial charge in [-0.3, -0.25) is 4.90 Å². The van der Waals surface area contributed by atoms with Crippen molar-refractivity contribution in [3.8, 4) is 5.75 Å². The molecular weight excluding hydrogens is 417 g/mol. The Morgan fingerprint density at radius 2 is 1.40 bits per heavy atom. The second kappa shape index (κ2) is 8.81. The first-order valence-corrected chi connectivity index (χ1v) is 9.16. The monoisotopic (exact) mass is 436 g/mol. The summed E-state index contributed by atoms with van der Waals surface area (Å²) in [6.07, 6.45) is -9.90. The van der Waals surface area contributed by atoms with Gasteiger partial charge >= 0.3 is 12.4 Å². The minimum atomic E-state index is -4.95. The van der Waals surface area contributed by atoms with Crippen LogP contribution < -0.4 is 10.1 Å². The van der Waals surface area contributed by atoms with Crippen molar-refractivity contribution < 1.29 is 35.5 Å². The molecule has 164 valence electrons. The Labute approximate surface area is 168 Å². The molecule has 1 N–H and O–H groups in total. The van der Waals surface area contributed by atoms with Gasteiger partial charge in [0.2, 0.25) is 0 Å². The summed E-state index contributed by atoms with van der Waals surface area (Å²) in [5.41, 5.74) is -2.22. The molecule has 0 spiro atoms. The average molecular weight is 436 g/mol. The van der Waals surface area contributed by atoms with E-state index in [1.165, 1.54) is 24.3 Å². The molecule has 1 saturated heterocycles. The summed E-state index contributed by atoms with van der Waals surface area (Å²) in [5.74, 6) is -0.981. The van der Waals surface area contributed by atoms with E-state index in [0.29, 0.717) is 43.9 Å². The van der Waals surface area contributed by atoms with Gasteiger partial charge in [0.1, 0.15) is 18.2 Å². The molecule has 2 aromatic carbocycles. The fourth-order valence-electron chi connectivity index (χ4n) is 3.28. The van der Waals surface area contributed by atoms with Crippen molar-refractivity contribution >= 4 is 0 Å². The van der Waals surface area contributed by atoms with Gasteiger partial charge in [0, 0.05) is 26.2 Å². The highest BCUT2D eigenvalue weighted by Gasteiger charge is 2.37. The fourth-order valence-corrected chi connectivity index (χ4v) is 3.28. The SMILES string of the molecule is Fc1ccc(C(COc2cc(C(F)(F)F)cc(C(F)(F)F)c2)N2CCNCC2)cc1. The fraction of sp³-hybridized carbons (Fsp3) is 0.400. The Hall–Kier alpha value is -2.33. The summed E-state index contributed by atoms with van der Waals surface area (Å²) in [6, 6.07) is 6.24. The van der Waals surface area contributed by atoms with Crippen LogP contribution in [0, 0.1) is 5.82 Å². The minimum absolute atomic E-state index is 0.0562. The van der Waals surface area contributed by atoms with E-state index in [-0.39, 0.29) is 12.7 Å². The predicted octanol–water partition coefficient (Wildman–Crippen LogP) is 4.89. The van der Waals surface area contributed by atoms with Gasteiger partial charge in [0.25, 0.3) is 0 Å². The van der Waals surface area contributed by atoms with Crippen molar-refractivity contribution in [3.05, 3.63) is 65.0 Å². The number of alkyl halides is 6.